The highest BCUT2D eigenvalue weighted by molar-refractivity contribution is 5.80. The minimum Gasteiger partial charge on any atom is -0.387 e. The molecule has 0 aromatic rings. The molecule has 1 aliphatic carbocycles. The molecule has 0 atom stereocenters. The molecule has 0 aromatic heterocycles. The van der Waals surface area contributed by atoms with E-state index in [1.54, 1.807) is 0 Å². The van der Waals surface area contributed by atoms with Gasteiger partial charge in [0.05, 0.1) is 5.84 Å². The second-order valence-corrected chi connectivity index (χ2v) is 4.58. The first-order valence-electron chi connectivity index (χ1n) is 5.45. The molecule has 0 unspecified atom stereocenters. The molecule has 0 aromatic carbocycles. The lowest BCUT2D eigenvalue weighted by molar-refractivity contribution is 0.351. The minimum absolute atomic E-state index is 0.457. The van der Waals surface area contributed by atoms with E-state index in [1.807, 2.05) is 0 Å². The Kier molecular flexibility index (Phi) is 3.76. The van der Waals surface area contributed by atoms with Crippen molar-refractivity contribution in [2.45, 2.75) is 52.4 Å². The maximum absolute atomic E-state index is 5.77. The van der Waals surface area contributed by atoms with Gasteiger partial charge >= 0.3 is 0 Å². The first-order valence-corrected chi connectivity index (χ1v) is 5.45. The van der Waals surface area contributed by atoms with Crippen LogP contribution in [0, 0.1) is 5.41 Å². The SMILES string of the molecule is CCCC(N)=NCC1(C)CCCC1. The van der Waals surface area contributed by atoms with Crippen LogP contribution in [0.25, 0.3) is 0 Å². The summed E-state index contributed by atoms with van der Waals surface area (Å²) in [5, 5.41) is 0. The van der Waals surface area contributed by atoms with Crippen molar-refractivity contribution in [1.29, 1.82) is 0 Å². The molecule has 2 nitrogen and oxygen atoms in total. The fraction of sp³-hybridized carbons (Fsp3) is 0.909. The summed E-state index contributed by atoms with van der Waals surface area (Å²) in [6, 6.07) is 0. The fourth-order valence-corrected chi connectivity index (χ4v) is 2.01. The molecule has 2 heteroatoms. The smallest absolute Gasteiger partial charge is 0.0937 e. The Bertz CT molecular complexity index is 179. The van der Waals surface area contributed by atoms with Crippen LogP contribution in [0.5, 0.6) is 0 Å². The summed E-state index contributed by atoms with van der Waals surface area (Å²) in [5.74, 6) is 0.843. The summed E-state index contributed by atoms with van der Waals surface area (Å²) in [4.78, 5) is 4.46. The molecule has 0 spiro atoms. The van der Waals surface area contributed by atoms with Gasteiger partial charge < -0.3 is 5.73 Å². The molecule has 0 heterocycles. The molecule has 0 amide bonds. The van der Waals surface area contributed by atoms with Gasteiger partial charge in [-0.05, 0) is 24.7 Å². The summed E-state index contributed by atoms with van der Waals surface area (Å²) in [7, 11) is 0. The van der Waals surface area contributed by atoms with E-state index >= 15 is 0 Å². The highest BCUT2D eigenvalue weighted by Crippen LogP contribution is 2.37. The largest absolute Gasteiger partial charge is 0.387 e. The van der Waals surface area contributed by atoms with Crippen LogP contribution in [-0.4, -0.2) is 12.4 Å². The molecule has 1 fully saturated rings. The molecule has 0 radical (unpaired) electrons. The van der Waals surface area contributed by atoms with Crippen LogP contribution >= 0.6 is 0 Å². The van der Waals surface area contributed by atoms with Gasteiger partial charge in [0.1, 0.15) is 0 Å². The van der Waals surface area contributed by atoms with Gasteiger partial charge in [0.2, 0.25) is 0 Å². The van der Waals surface area contributed by atoms with Crippen molar-refractivity contribution in [3.8, 4) is 0 Å². The van der Waals surface area contributed by atoms with Gasteiger partial charge in [-0.3, -0.25) is 4.99 Å². The van der Waals surface area contributed by atoms with Crippen LogP contribution in [0.4, 0.5) is 0 Å². The Hall–Kier alpha value is -0.530. The van der Waals surface area contributed by atoms with E-state index in [2.05, 4.69) is 18.8 Å². The Morgan fingerprint density at radius 3 is 2.54 bits per heavy atom. The Morgan fingerprint density at radius 2 is 2.00 bits per heavy atom. The number of nitrogens with two attached hydrogens (primary N) is 1. The Labute approximate surface area is 81.6 Å². The molecule has 1 aliphatic rings. The third-order valence-corrected chi connectivity index (χ3v) is 2.98. The lowest BCUT2D eigenvalue weighted by Gasteiger charge is -2.20. The highest BCUT2D eigenvalue weighted by atomic mass is 14.9. The molecule has 1 saturated carbocycles. The van der Waals surface area contributed by atoms with Crippen molar-refractivity contribution in [1.82, 2.24) is 0 Å². The van der Waals surface area contributed by atoms with Gasteiger partial charge in [-0.25, -0.2) is 0 Å². The molecule has 2 N–H and O–H groups in total. The standard InChI is InChI=1S/C11H22N2/c1-3-6-10(12)13-9-11(2)7-4-5-8-11/h3-9H2,1-2H3,(H2,12,13). The zero-order valence-electron chi connectivity index (χ0n) is 8.97. The number of hydrogen-bond acceptors (Lipinski definition) is 1. The molecule has 0 aliphatic heterocycles. The predicted molar refractivity (Wildman–Crippen MR) is 58.0 cm³/mol. The van der Waals surface area contributed by atoms with Gasteiger partial charge in [-0.1, -0.05) is 26.7 Å². The summed E-state index contributed by atoms with van der Waals surface area (Å²) < 4.78 is 0. The maximum atomic E-state index is 5.77. The van der Waals surface area contributed by atoms with E-state index in [0.717, 1.165) is 25.2 Å². The van der Waals surface area contributed by atoms with E-state index in [0.29, 0.717) is 5.41 Å². The lowest BCUT2D eigenvalue weighted by Crippen LogP contribution is -2.19. The van der Waals surface area contributed by atoms with Crippen LogP contribution in [0.2, 0.25) is 0 Å². The van der Waals surface area contributed by atoms with Gasteiger partial charge in [0.15, 0.2) is 0 Å². The molecular weight excluding hydrogens is 160 g/mol. The molecule has 76 valence electrons. The molecular formula is C11H22N2. The summed E-state index contributed by atoms with van der Waals surface area (Å²) >= 11 is 0. The van der Waals surface area contributed by atoms with Crippen LogP contribution in [-0.2, 0) is 0 Å². The Balaban J connectivity index is 2.35. The normalized spacial score (nSPS) is 22.2. The van der Waals surface area contributed by atoms with Crippen molar-refractivity contribution >= 4 is 5.84 Å². The van der Waals surface area contributed by atoms with Crippen molar-refractivity contribution in [2.75, 3.05) is 6.54 Å². The quantitative estimate of drug-likeness (QED) is 0.527. The molecule has 0 bridgehead atoms. The first kappa shape index (κ1) is 10.6. The van der Waals surface area contributed by atoms with Gasteiger partial charge in [0, 0.05) is 13.0 Å². The molecule has 0 saturated heterocycles. The van der Waals surface area contributed by atoms with Crippen LogP contribution < -0.4 is 5.73 Å². The minimum atomic E-state index is 0.457. The third kappa shape index (κ3) is 3.37. The average Bonchev–Trinajstić information content (AvgIpc) is 2.51. The first-order chi connectivity index (χ1) is 6.16. The van der Waals surface area contributed by atoms with E-state index in [9.17, 15) is 0 Å². The third-order valence-electron chi connectivity index (χ3n) is 2.98. The topological polar surface area (TPSA) is 38.4 Å². The van der Waals surface area contributed by atoms with E-state index in [1.165, 1.54) is 25.7 Å². The zero-order valence-corrected chi connectivity index (χ0v) is 8.97. The second kappa shape index (κ2) is 4.64. The zero-order chi connectivity index (χ0) is 9.73. The highest BCUT2D eigenvalue weighted by Gasteiger charge is 2.27. The monoisotopic (exact) mass is 182 g/mol. The van der Waals surface area contributed by atoms with E-state index in [-0.39, 0.29) is 0 Å². The van der Waals surface area contributed by atoms with E-state index in [4.69, 9.17) is 5.73 Å². The number of amidine groups is 1. The lowest BCUT2D eigenvalue weighted by atomic mass is 9.89. The Morgan fingerprint density at radius 1 is 1.38 bits per heavy atom. The van der Waals surface area contributed by atoms with Crippen LogP contribution in [0.1, 0.15) is 52.4 Å². The van der Waals surface area contributed by atoms with Gasteiger partial charge in [-0.15, -0.1) is 0 Å². The van der Waals surface area contributed by atoms with Gasteiger partial charge in [0.25, 0.3) is 0 Å². The number of rotatable bonds is 4. The van der Waals surface area contributed by atoms with Crippen LogP contribution in [0.3, 0.4) is 0 Å². The van der Waals surface area contributed by atoms with Crippen molar-refractivity contribution in [3.05, 3.63) is 0 Å². The maximum Gasteiger partial charge on any atom is 0.0937 e. The number of nitrogens with zero attached hydrogens (tertiary/aromatic N) is 1. The molecule has 13 heavy (non-hydrogen) atoms. The van der Waals surface area contributed by atoms with Crippen molar-refractivity contribution < 1.29 is 0 Å². The summed E-state index contributed by atoms with van der Waals surface area (Å²) in [6.45, 7) is 5.42. The van der Waals surface area contributed by atoms with E-state index < -0.39 is 0 Å². The predicted octanol–water partition coefficient (Wildman–Crippen LogP) is 2.72. The number of aliphatic imine (C=N–C) groups is 1. The second-order valence-electron chi connectivity index (χ2n) is 4.58. The van der Waals surface area contributed by atoms with Gasteiger partial charge in [-0.2, -0.15) is 0 Å². The van der Waals surface area contributed by atoms with Crippen molar-refractivity contribution in [2.24, 2.45) is 16.1 Å². The summed E-state index contributed by atoms with van der Waals surface area (Å²) in [5.41, 5.74) is 6.23. The average molecular weight is 182 g/mol. The molecule has 1 rings (SSSR count). The van der Waals surface area contributed by atoms with Crippen molar-refractivity contribution in [3.63, 3.8) is 0 Å². The van der Waals surface area contributed by atoms with Crippen LogP contribution in [0.15, 0.2) is 4.99 Å². The number of hydrogen-bond donors (Lipinski definition) is 1. The summed E-state index contributed by atoms with van der Waals surface area (Å²) in [6.07, 6.45) is 7.47. The fourth-order valence-electron chi connectivity index (χ4n) is 2.01.